The first-order valence-corrected chi connectivity index (χ1v) is 6.29. The van der Waals surface area contributed by atoms with Crippen LogP contribution in [0.15, 0.2) is 24.3 Å². The predicted molar refractivity (Wildman–Crippen MR) is 72.4 cm³/mol. The molecule has 1 amide bonds. The highest BCUT2D eigenvalue weighted by Crippen LogP contribution is 2.17. The maximum atomic E-state index is 12.4. The Bertz CT molecular complexity index is 626. The summed E-state index contributed by atoms with van der Waals surface area (Å²) < 4.78 is 0. The quantitative estimate of drug-likeness (QED) is 0.911. The van der Waals surface area contributed by atoms with E-state index in [1.807, 2.05) is 31.2 Å². The standard InChI is InChI=1S/C14H16N4O/c1-3-18(9-10(2)8-15)14(19)13-11-6-4-5-7-12(11)16-17-13/h4-7,10H,3,9H2,1-2H3,(H,16,17). The Morgan fingerprint density at radius 3 is 2.95 bits per heavy atom. The Morgan fingerprint density at radius 2 is 2.26 bits per heavy atom. The van der Waals surface area contributed by atoms with Crippen LogP contribution in [0.5, 0.6) is 0 Å². The maximum absolute atomic E-state index is 12.4. The number of aromatic amines is 1. The van der Waals surface area contributed by atoms with Crippen LogP contribution >= 0.6 is 0 Å². The SMILES string of the molecule is CCN(CC(C)C#N)C(=O)c1n[nH]c2ccccc12. The molecule has 2 aromatic rings. The molecular weight excluding hydrogens is 240 g/mol. The molecule has 1 atom stereocenters. The summed E-state index contributed by atoms with van der Waals surface area (Å²) in [5.74, 6) is -0.323. The lowest BCUT2D eigenvalue weighted by atomic mass is 10.1. The second kappa shape index (κ2) is 5.53. The van der Waals surface area contributed by atoms with Gasteiger partial charge in [0, 0.05) is 18.5 Å². The van der Waals surface area contributed by atoms with E-state index >= 15 is 0 Å². The molecule has 1 N–H and O–H groups in total. The van der Waals surface area contributed by atoms with Crippen LogP contribution in [0, 0.1) is 17.2 Å². The average molecular weight is 256 g/mol. The summed E-state index contributed by atoms with van der Waals surface area (Å²) in [6.45, 7) is 4.69. The van der Waals surface area contributed by atoms with Gasteiger partial charge in [-0.25, -0.2) is 0 Å². The number of hydrogen-bond acceptors (Lipinski definition) is 3. The zero-order valence-corrected chi connectivity index (χ0v) is 11.1. The summed E-state index contributed by atoms with van der Waals surface area (Å²) in [7, 11) is 0. The lowest BCUT2D eigenvalue weighted by molar-refractivity contribution is 0.0748. The number of amides is 1. The van der Waals surface area contributed by atoms with E-state index in [4.69, 9.17) is 5.26 Å². The molecule has 0 saturated heterocycles. The van der Waals surface area contributed by atoms with Gasteiger partial charge in [-0.15, -0.1) is 0 Å². The maximum Gasteiger partial charge on any atom is 0.275 e. The molecule has 1 aromatic heterocycles. The first-order chi connectivity index (χ1) is 9.17. The van der Waals surface area contributed by atoms with Crippen LogP contribution in [0.25, 0.3) is 10.9 Å². The van der Waals surface area contributed by atoms with Crippen molar-refractivity contribution in [2.45, 2.75) is 13.8 Å². The molecule has 0 aliphatic rings. The number of nitriles is 1. The van der Waals surface area contributed by atoms with Crippen LogP contribution in [0.3, 0.4) is 0 Å². The highest BCUT2D eigenvalue weighted by atomic mass is 16.2. The molecule has 1 unspecified atom stereocenters. The van der Waals surface area contributed by atoms with Gasteiger partial charge in [-0.1, -0.05) is 18.2 Å². The van der Waals surface area contributed by atoms with Crippen LogP contribution in [-0.2, 0) is 0 Å². The van der Waals surface area contributed by atoms with Crippen LogP contribution in [-0.4, -0.2) is 34.1 Å². The largest absolute Gasteiger partial charge is 0.336 e. The Balaban J connectivity index is 2.30. The minimum Gasteiger partial charge on any atom is -0.336 e. The highest BCUT2D eigenvalue weighted by Gasteiger charge is 2.21. The zero-order valence-electron chi connectivity index (χ0n) is 11.1. The summed E-state index contributed by atoms with van der Waals surface area (Å²) in [6, 6.07) is 9.67. The molecule has 0 fully saturated rings. The number of H-pyrrole nitrogens is 1. The van der Waals surface area contributed by atoms with Gasteiger partial charge in [-0.2, -0.15) is 10.4 Å². The molecular formula is C14H16N4O. The van der Waals surface area contributed by atoms with E-state index < -0.39 is 0 Å². The lowest BCUT2D eigenvalue weighted by Crippen LogP contribution is -2.34. The Kier molecular flexibility index (Phi) is 3.81. The van der Waals surface area contributed by atoms with Gasteiger partial charge < -0.3 is 4.90 Å². The molecule has 2 rings (SSSR count). The van der Waals surface area contributed by atoms with E-state index in [9.17, 15) is 4.79 Å². The molecule has 98 valence electrons. The zero-order chi connectivity index (χ0) is 13.8. The van der Waals surface area contributed by atoms with Crippen molar-refractivity contribution in [2.24, 2.45) is 5.92 Å². The first-order valence-electron chi connectivity index (χ1n) is 6.29. The van der Waals surface area contributed by atoms with Gasteiger partial charge in [0.2, 0.25) is 0 Å². The van der Waals surface area contributed by atoms with Crippen molar-refractivity contribution in [1.29, 1.82) is 5.26 Å². The Hall–Kier alpha value is -2.35. The van der Waals surface area contributed by atoms with Crippen LogP contribution < -0.4 is 0 Å². The van der Waals surface area contributed by atoms with Crippen LogP contribution in [0.4, 0.5) is 0 Å². The van der Waals surface area contributed by atoms with Crippen molar-refractivity contribution in [3.8, 4) is 6.07 Å². The Morgan fingerprint density at radius 1 is 1.53 bits per heavy atom. The second-order valence-corrected chi connectivity index (χ2v) is 4.49. The van der Waals surface area contributed by atoms with Gasteiger partial charge in [0.05, 0.1) is 17.5 Å². The molecule has 0 bridgehead atoms. The Labute approximate surface area is 111 Å². The number of aromatic nitrogens is 2. The number of para-hydroxylation sites is 1. The third-order valence-electron chi connectivity index (χ3n) is 3.06. The van der Waals surface area contributed by atoms with Crippen molar-refractivity contribution in [2.75, 3.05) is 13.1 Å². The number of carbonyl (C=O) groups is 1. The van der Waals surface area contributed by atoms with Crippen LogP contribution in [0.1, 0.15) is 24.3 Å². The topological polar surface area (TPSA) is 72.8 Å². The van der Waals surface area contributed by atoms with E-state index in [1.54, 1.807) is 11.8 Å². The average Bonchev–Trinajstić information content (AvgIpc) is 2.87. The van der Waals surface area contributed by atoms with Crippen molar-refractivity contribution in [3.05, 3.63) is 30.0 Å². The number of fused-ring (bicyclic) bond motifs is 1. The van der Waals surface area contributed by atoms with E-state index in [1.165, 1.54) is 0 Å². The third-order valence-corrected chi connectivity index (χ3v) is 3.06. The molecule has 0 spiro atoms. The lowest BCUT2D eigenvalue weighted by Gasteiger charge is -2.20. The molecule has 1 heterocycles. The van der Waals surface area contributed by atoms with Gasteiger partial charge in [0.15, 0.2) is 5.69 Å². The summed E-state index contributed by atoms with van der Waals surface area (Å²) in [4.78, 5) is 14.1. The smallest absolute Gasteiger partial charge is 0.275 e. The van der Waals surface area contributed by atoms with Gasteiger partial charge in [0.1, 0.15) is 0 Å². The molecule has 5 nitrogen and oxygen atoms in total. The number of benzene rings is 1. The van der Waals surface area contributed by atoms with Gasteiger partial charge in [-0.05, 0) is 19.9 Å². The number of rotatable bonds is 4. The molecule has 0 aliphatic carbocycles. The van der Waals surface area contributed by atoms with E-state index in [2.05, 4.69) is 16.3 Å². The van der Waals surface area contributed by atoms with Crippen molar-refractivity contribution < 1.29 is 4.79 Å². The van der Waals surface area contributed by atoms with Crippen molar-refractivity contribution in [3.63, 3.8) is 0 Å². The van der Waals surface area contributed by atoms with Gasteiger partial charge in [-0.3, -0.25) is 9.89 Å². The third kappa shape index (κ3) is 2.58. The van der Waals surface area contributed by atoms with Crippen molar-refractivity contribution >= 4 is 16.8 Å². The highest BCUT2D eigenvalue weighted by molar-refractivity contribution is 6.04. The minimum absolute atomic E-state index is 0.137. The van der Waals surface area contributed by atoms with Crippen LogP contribution in [0.2, 0.25) is 0 Å². The fourth-order valence-electron chi connectivity index (χ4n) is 2.00. The number of hydrogen-bond donors (Lipinski definition) is 1. The number of carbonyl (C=O) groups excluding carboxylic acids is 1. The molecule has 1 aromatic carbocycles. The first kappa shape index (κ1) is 13.1. The predicted octanol–water partition coefficient (Wildman–Crippen LogP) is 2.18. The summed E-state index contributed by atoms with van der Waals surface area (Å²) >= 11 is 0. The summed E-state index contributed by atoms with van der Waals surface area (Å²) in [6.07, 6.45) is 0. The van der Waals surface area contributed by atoms with E-state index in [0.29, 0.717) is 18.8 Å². The molecule has 0 aliphatic heterocycles. The molecule has 0 saturated carbocycles. The van der Waals surface area contributed by atoms with Gasteiger partial charge >= 0.3 is 0 Å². The fraction of sp³-hybridized carbons (Fsp3) is 0.357. The minimum atomic E-state index is -0.186. The normalized spacial score (nSPS) is 12.1. The van der Waals surface area contributed by atoms with Gasteiger partial charge in [0.25, 0.3) is 5.91 Å². The molecule has 5 heteroatoms. The summed E-state index contributed by atoms with van der Waals surface area (Å²) in [5, 5.41) is 16.6. The number of nitrogens with one attached hydrogen (secondary N) is 1. The van der Waals surface area contributed by atoms with E-state index in [0.717, 1.165) is 10.9 Å². The number of nitrogens with zero attached hydrogens (tertiary/aromatic N) is 3. The second-order valence-electron chi connectivity index (χ2n) is 4.49. The van der Waals surface area contributed by atoms with E-state index in [-0.39, 0.29) is 11.8 Å². The molecule has 19 heavy (non-hydrogen) atoms. The van der Waals surface area contributed by atoms with Crippen molar-refractivity contribution in [1.82, 2.24) is 15.1 Å². The monoisotopic (exact) mass is 256 g/mol. The summed E-state index contributed by atoms with van der Waals surface area (Å²) in [5.41, 5.74) is 1.26. The fourth-order valence-corrected chi connectivity index (χ4v) is 2.00. The molecule has 0 radical (unpaired) electrons.